The molecule has 0 aliphatic carbocycles. The van der Waals surface area contributed by atoms with Gasteiger partial charge in [-0.05, 0) is 0 Å². The topological polar surface area (TPSA) is 35.0 Å². The molecule has 2 rings (SSSR count). The molecule has 3 heteroatoms. The molecule has 0 spiro atoms. The standard InChI is InChI=1S/C6H6N2O/c1-5-2-9-3-6(5)8-4-7-1/h1,4H,2-3H2. The molecule has 0 radical (unpaired) electrons. The molecule has 0 fully saturated rings. The number of nitrogens with zero attached hydrogens (tertiary/aromatic N) is 2. The first kappa shape index (κ1) is 4.88. The summed E-state index contributed by atoms with van der Waals surface area (Å²) in [5.41, 5.74) is 2.16. The first-order valence-corrected chi connectivity index (χ1v) is 2.82. The molecular weight excluding hydrogens is 116 g/mol. The van der Waals surface area contributed by atoms with Crippen LogP contribution in [-0.4, -0.2) is 9.97 Å². The highest BCUT2D eigenvalue weighted by molar-refractivity contribution is 5.16. The number of ether oxygens (including phenoxy) is 1. The summed E-state index contributed by atoms with van der Waals surface area (Å²) in [6.07, 6.45) is 3.35. The van der Waals surface area contributed by atoms with Crippen LogP contribution in [0.4, 0.5) is 0 Å². The van der Waals surface area contributed by atoms with Gasteiger partial charge in [-0.2, -0.15) is 0 Å². The second kappa shape index (κ2) is 1.77. The normalized spacial score (nSPS) is 15.6. The molecule has 1 aromatic heterocycles. The monoisotopic (exact) mass is 122 g/mol. The van der Waals surface area contributed by atoms with Gasteiger partial charge in [0.1, 0.15) is 6.33 Å². The molecule has 0 bridgehead atoms. The van der Waals surface area contributed by atoms with E-state index < -0.39 is 0 Å². The average molecular weight is 122 g/mol. The third kappa shape index (κ3) is 0.695. The lowest BCUT2D eigenvalue weighted by Crippen LogP contribution is -1.87. The van der Waals surface area contributed by atoms with Crippen molar-refractivity contribution in [3.05, 3.63) is 23.8 Å². The van der Waals surface area contributed by atoms with Crippen LogP contribution >= 0.6 is 0 Å². The summed E-state index contributed by atoms with van der Waals surface area (Å²) in [5, 5.41) is 0. The van der Waals surface area contributed by atoms with Gasteiger partial charge in [0, 0.05) is 11.8 Å². The predicted molar refractivity (Wildman–Crippen MR) is 30.5 cm³/mol. The highest BCUT2D eigenvalue weighted by atomic mass is 16.5. The SMILES string of the molecule is c1ncc2c(n1)COC2. The zero-order valence-corrected chi connectivity index (χ0v) is 4.87. The third-order valence-electron chi connectivity index (χ3n) is 1.38. The fraction of sp³-hybridized carbons (Fsp3) is 0.333. The minimum atomic E-state index is 0.651. The maximum atomic E-state index is 5.11. The van der Waals surface area contributed by atoms with E-state index in [1.807, 2.05) is 0 Å². The second-order valence-electron chi connectivity index (χ2n) is 1.99. The predicted octanol–water partition coefficient (Wildman–Crippen LogP) is 0.507. The van der Waals surface area contributed by atoms with Crippen LogP contribution in [0, 0.1) is 0 Å². The summed E-state index contributed by atoms with van der Waals surface area (Å²) in [7, 11) is 0. The van der Waals surface area contributed by atoms with Crippen LogP contribution in [0.15, 0.2) is 12.5 Å². The molecule has 0 saturated carbocycles. The average Bonchev–Trinajstić information content (AvgIpc) is 2.33. The van der Waals surface area contributed by atoms with E-state index in [1.54, 1.807) is 12.5 Å². The minimum Gasteiger partial charge on any atom is -0.370 e. The number of aromatic nitrogens is 2. The van der Waals surface area contributed by atoms with Crippen molar-refractivity contribution in [3.8, 4) is 0 Å². The smallest absolute Gasteiger partial charge is 0.115 e. The zero-order valence-electron chi connectivity index (χ0n) is 4.87. The Bertz CT molecular complexity index is 201. The summed E-state index contributed by atoms with van der Waals surface area (Å²) >= 11 is 0. The van der Waals surface area contributed by atoms with Crippen LogP contribution in [0.5, 0.6) is 0 Å². The molecule has 1 aromatic rings. The lowest BCUT2D eigenvalue weighted by atomic mass is 10.3. The maximum Gasteiger partial charge on any atom is 0.115 e. The molecule has 3 nitrogen and oxygen atoms in total. The van der Waals surface area contributed by atoms with Gasteiger partial charge in [0.25, 0.3) is 0 Å². The Balaban J connectivity index is 2.54. The summed E-state index contributed by atoms with van der Waals surface area (Å²) in [5.74, 6) is 0. The molecule has 0 amide bonds. The van der Waals surface area contributed by atoms with Crippen molar-refractivity contribution in [1.82, 2.24) is 9.97 Å². The molecule has 9 heavy (non-hydrogen) atoms. The Labute approximate surface area is 52.7 Å². The van der Waals surface area contributed by atoms with Gasteiger partial charge >= 0.3 is 0 Å². The Morgan fingerprint density at radius 2 is 2.44 bits per heavy atom. The molecule has 0 aromatic carbocycles. The molecule has 1 aliphatic heterocycles. The summed E-state index contributed by atoms with van der Waals surface area (Å²) in [4.78, 5) is 7.89. The van der Waals surface area contributed by atoms with E-state index in [9.17, 15) is 0 Å². The van der Waals surface area contributed by atoms with Gasteiger partial charge in [0.2, 0.25) is 0 Å². The molecule has 1 aliphatic rings. The van der Waals surface area contributed by atoms with E-state index >= 15 is 0 Å². The molecule has 0 atom stereocenters. The number of hydrogen-bond donors (Lipinski definition) is 0. The molecule has 46 valence electrons. The van der Waals surface area contributed by atoms with Crippen LogP contribution in [0.1, 0.15) is 11.3 Å². The van der Waals surface area contributed by atoms with Crippen molar-refractivity contribution < 1.29 is 4.74 Å². The van der Waals surface area contributed by atoms with Gasteiger partial charge in [0.05, 0.1) is 18.9 Å². The first-order chi connectivity index (χ1) is 4.47. The maximum absolute atomic E-state index is 5.11. The molecular formula is C6H6N2O. The number of fused-ring (bicyclic) bond motifs is 1. The quantitative estimate of drug-likeness (QED) is 0.502. The van der Waals surface area contributed by atoms with Crippen molar-refractivity contribution >= 4 is 0 Å². The van der Waals surface area contributed by atoms with Crippen molar-refractivity contribution in [3.63, 3.8) is 0 Å². The summed E-state index contributed by atoms with van der Waals surface area (Å²) in [6, 6.07) is 0. The highest BCUT2D eigenvalue weighted by Crippen LogP contribution is 2.13. The Kier molecular flexibility index (Phi) is 0.960. The van der Waals surface area contributed by atoms with E-state index in [2.05, 4.69) is 9.97 Å². The minimum absolute atomic E-state index is 0.651. The Morgan fingerprint density at radius 1 is 1.44 bits per heavy atom. The van der Waals surface area contributed by atoms with Gasteiger partial charge in [0.15, 0.2) is 0 Å². The molecule has 0 unspecified atom stereocenters. The van der Waals surface area contributed by atoms with Crippen molar-refractivity contribution in [1.29, 1.82) is 0 Å². The first-order valence-electron chi connectivity index (χ1n) is 2.82. The van der Waals surface area contributed by atoms with E-state index in [-0.39, 0.29) is 0 Å². The van der Waals surface area contributed by atoms with E-state index in [0.717, 1.165) is 11.3 Å². The molecule has 0 N–H and O–H groups in total. The van der Waals surface area contributed by atoms with Crippen molar-refractivity contribution in [2.75, 3.05) is 0 Å². The van der Waals surface area contributed by atoms with Gasteiger partial charge < -0.3 is 4.74 Å². The van der Waals surface area contributed by atoms with Crippen LogP contribution in [-0.2, 0) is 18.0 Å². The van der Waals surface area contributed by atoms with Gasteiger partial charge in [-0.1, -0.05) is 0 Å². The fourth-order valence-corrected chi connectivity index (χ4v) is 0.892. The van der Waals surface area contributed by atoms with E-state index in [0.29, 0.717) is 13.2 Å². The van der Waals surface area contributed by atoms with E-state index in [4.69, 9.17) is 4.74 Å². The van der Waals surface area contributed by atoms with Gasteiger partial charge in [-0.25, -0.2) is 9.97 Å². The lowest BCUT2D eigenvalue weighted by molar-refractivity contribution is 0.133. The lowest BCUT2D eigenvalue weighted by Gasteiger charge is -1.88. The fourth-order valence-electron chi connectivity index (χ4n) is 0.892. The van der Waals surface area contributed by atoms with Gasteiger partial charge in [-0.3, -0.25) is 0 Å². The third-order valence-corrected chi connectivity index (χ3v) is 1.38. The largest absolute Gasteiger partial charge is 0.370 e. The van der Waals surface area contributed by atoms with Crippen LogP contribution in [0.2, 0.25) is 0 Å². The van der Waals surface area contributed by atoms with Crippen molar-refractivity contribution in [2.45, 2.75) is 13.2 Å². The molecule has 0 saturated heterocycles. The summed E-state index contributed by atoms with van der Waals surface area (Å²) in [6.45, 7) is 1.33. The summed E-state index contributed by atoms with van der Waals surface area (Å²) < 4.78 is 5.11. The van der Waals surface area contributed by atoms with Crippen molar-refractivity contribution in [2.24, 2.45) is 0 Å². The highest BCUT2D eigenvalue weighted by Gasteiger charge is 2.10. The van der Waals surface area contributed by atoms with E-state index in [1.165, 1.54) is 0 Å². The van der Waals surface area contributed by atoms with Crippen LogP contribution < -0.4 is 0 Å². The zero-order chi connectivity index (χ0) is 6.10. The van der Waals surface area contributed by atoms with Gasteiger partial charge in [-0.15, -0.1) is 0 Å². The Hall–Kier alpha value is -0.960. The van der Waals surface area contributed by atoms with Crippen LogP contribution in [0.25, 0.3) is 0 Å². The second-order valence-corrected chi connectivity index (χ2v) is 1.99. The number of rotatable bonds is 0. The van der Waals surface area contributed by atoms with Crippen LogP contribution in [0.3, 0.4) is 0 Å². The Morgan fingerprint density at radius 3 is 3.33 bits per heavy atom. The number of hydrogen-bond acceptors (Lipinski definition) is 3. The molecule has 2 heterocycles.